The Bertz CT molecular complexity index is 1830. The van der Waals surface area contributed by atoms with E-state index in [9.17, 15) is 30.3 Å². The Morgan fingerprint density at radius 3 is 2.46 bits per heavy atom. The lowest BCUT2D eigenvalue weighted by atomic mass is 9.77. The second kappa shape index (κ2) is 25.7. The molecule has 1 aromatic carbocycles. The molecular formula is C47H82N6O12S2. The van der Waals surface area contributed by atoms with Crippen molar-refractivity contribution >= 4 is 51.7 Å². The first kappa shape index (κ1) is 57.3. The van der Waals surface area contributed by atoms with E-state index in [1.165, 1.54) is 6.92 Å². The number of aliphatic hydroxyl groups is 5. The molecule has 67 heavy (non-hydrogen) atoms. The minimum absolute atomic E-state index is 0.169. The molecule has 2 aliphatic heterocycles. The number of benzene rings is 1. The number of carbonyl (C=O) groups excluding carboxylic acids is 1. The van der Waals surface area contributed by atoms with Gasteiger partial charge in [0.25, 0.3) is 0 Å². The van der Waals surface area contributed by atoms with Gasteiger partial charge in [-0.05, 0) is 119 Å². The molecular weight excluding hydrogens is 905 g/mol. The van der Waals surface area contributed by atoms with E-state index in [0.717, 1.165) is 28.4 Å². The number of thiocarbonyl (C=S) groups is 1. The third kappa shape index (κ3) is 15.4. The molecule has 2 aromatic rings. The van der Waals surface area contributed by atoms with Crippen LogP contribution in [-0.4, -0.2) is 187 Å². The van der Waals surface area contributed by atoms with Crippen molar-refractivity contribution in [3.8, 4) is 0 Å². The molecule has 0 spiro atoms. The number of carbonyl (C=O) groups is 1. The van der Waals surface area contributed by atoms with Crippen LogP contribution in [0.25, 0.3) is 11.0 Å². The van der Waals surface area contributed by atoms with Crippen LogP contribution in [0.1, 0.15) is 101 Å². The largest absolute Gasteiger partial charge is 0.459 e. The summed E-state index contributed by atoms with van der Waals surface area (Å²) in [5, 5.41) is 66.3. The van der Waals surface area contributed by atoms with Crippen molar-refractivity contribution < 1.29 is 58.7 Å². The number of aliphatic hydroxyl groups excluding tert-OH is 3. The molecule has 0 saturated carbocycles. The maximum Gasteiger partial charge on any atom is 0.311 e. The van der Waals surface area contributed by atoms with Gasteiger partial charge in [-0.1, -0.05) is 26.8 Å². The Labute approximate surface area is 407 Å². The number of nitrogens with one attached hydrogen (secondary N) is 2. The summed E-state index contributed by atoms with van der Waals surface area (Å²) in [4.78, 5) is 18.5. The zero-order chi connectivity index (χ0) is 50.0. The van der Waals surface area contributed by atoms with Gasteiger partial charge in [0.15, 0.2) is 17.7 Å². The van der Waals surface area contributed by atoms with Gasteiger partial charge < -0.3 is 69.5 Å². The van der Waals surface area contributed by atoms with Crippen LogP contribution in [0.15, 0.2) is 18.2 Å². The summed E-state index contributed by atoms with van der Waals surface area (Å²) in [6.07, 6.45) is -8.02. The number of likely N-dealkylation sites (N-methyl/N-ethyl adjacent to an activating group) is 1. The number of rotatable bonds is 17. The summed E-state index contributed by atoms with van der Waals surface area (Å²) in [6, 6.07) is 4.69. The van der Waals surface area contributed by atoms with Gasteiger partial charge >= 0.3 is 5.97 Å². The molecule has 7 N–H and O–H groups in total. The quantitative estimate of drug-likeness (QED) is 0.0516. The van der Waals surface area contributed by atoms with Crippen LogP contribution in [0.2, 0.25) is 0 Å². The van der Waals surface area contributed by atoms with Gasteiger partial charge in [-0.25, -0.2) is 0 Å². The van der Waals surface area contributed by atoms with Crippen molar-refractivity contribution in [1.29, 1.82) is 0 Å². The maximum atomic E-state index is 14.5. The Morgan fingerprint density at radius 2 is 1.82 bits per heavy atom. The van der Waals surface area contributed by atoms with Crippen LogP contribution >= 0.6 is 23.9 Å². The predicted molar refractivity (Wildman–Crippen MR) is 262 cm³/mol. The summed E-state index contributed by atoms with van der Waals surface area (Å²) in [6.45, 7) is 19.0. The van der Waals surface area contributed by atoms with E-state index in [-0.39, 0.29) is 43.9 Å². The van der Waals surface area contributed by atoms with Crippen LogP contribution < -0.4 is 10.6 Å². The van der Waals surface area contributed by atoms with Crippen molar-refractivity contribution in [3.05, 3.63) is 18.2 Å². The molecule has 2 saturated heterocycles. The second-order valence-electron chi connectivity index (χ2n) is 19.7. The van der Waals surface area contributed by atoms with Crippen LogP contribution in [-0.2, 0) is 33.2 Å². The smallest absolute Gasteiger partial charge is 0.311 e. The summed E-state index contributed by atoms with van der Waals surface area (Å²) in [5.74, 6) is -2.83. The number of ether oxygens (including phenoxy) is 6. The maximum absolute atomic E-state index is 14.5. The molecule has 2 aliphatic rings. The zero-order valence-electron chi connectivity index (χ0n) is 42.0. The molecule has 1 aromatic heterocycles. The van der Waals surface area contributed by atoms with Crippen molar-refractivity contribution in [1.82, 2.24) is 23.9 Å². The lowest BCUT2D eigenvalue weighted by Gasteiger charge is -2.47. The molecule has 4 rings (SSSR count). The molecule has 20 heteroatoms. The Hall–Kier alpha value is -2.28. The van der Waals surface area contributed by atoms with Gasteiger partial charge in [-0.2, -0.15) is 8.75 Å². The van der Waals surface area contributed by atoms with Gasteiger partial charge in [0.05, 0.1) is 66.1 Å². The summed E-state index contributed by atoms with van der Waals surface area (Å²) in [7, 11) is 5.31. The lowest BCUT2D eigenvalue weighted by molar-refractivity contribution is -0.306. The fourth-order valence-electron chi connectivity index (χ4n) is 9.60. The molecule has 18 nitrogen and oxygen atoms in total. The summed E-state index contributed by atoms with van der Waals surface area (Å²) in [5.41, 5.74) is -1.30. The molecule has 0 unspecified atom stereocenters. The van der Waals surface area contributed by atoms with E-state index in [1.54, 1.807) is 41.7 Å². The van der Waals surface area contributed by atoms with Gasteiger partial charge in [-0.3, -0.25) is 9.69 Å². The normalized spacial score (nSPS) is 35.6. The first-order chi connectivity index (χ1) is 31.4. The lowest BCUT2D eigenvalue weighted by Crippen LogP contribution is -2.59. The van der Waals surface area contributed by atoms with E-state index in [2.05, 4.69) is 24.3 Å². The highest BCUT2D eigenvalue weighted by atomic mass is 32.1. The minimum Gasteiger partial charge on any atom is -0.459 e. The Balaban J connectivity index is 1.73. The summed E-state index contributed by atoms with van der Waals surface area (Å²) < 4.78 is 46.4. The molecule has 0 aliphatic carbocycles. The highest BCUT2D eigenvalue weighted by Crippen LogP contribution is 2.38. The van der Waals surface area contributed by atoms with E-state index >= 15 is 0 Å². The van der Waals surface area contributed by atoms with E-state index < -0.39 is 90.4 Å². The number of esters is 1. The van der Waals surface area contributed by atoms with Crippen LogP contribution in [0, 0.1) is 17.8 Å². The average molecular weight is 987 g/mol. The number of methoxy groups -OCH3 is 1. The molecule has 17 atom stereocenters. The van der Waals surface area contributed by atoms with E-state index in [4.69, 9.17) is 40.6 Å². The number of hydrogen-bond acceptors (Lipinski definition) is 18. The van der Waals surface area contributed by atoms with Crippen molar-refractivity contribution in [2.24, 2.45) is 17.8 Å². The number of aromatic nitrogens is 2. The van der Waals surface area contributed by atoms with E-state index in [0.29, 0.717) is 37.6 Å². The SMILES string of the molecule is CC[C@H]1OC(=O)[C@H](C)[C@@H](O[C@@H](CCOC)O[C@@H](C)[C@@H](C)O)[C@H](C)[C@@H](O[C@@H]2O[C@H](C)C[C@H](N(C)C)[C@H]2O)[C@](C)(O)C[C@@H](C)CN(CCCNC(=S)Nc2cccc3nsnc23)[C@H](C)[C@@H](O)[C@]1(C)O. The minimum atomic E-state index is -1.90. The second-order valence-corrected chi connectivity index (χ2v) is 20.7. The summed E-state index contributed by atoms with van der Waals surface area (Å²) >= 11 is 6.76. The molecule has 384 valence electrons. The van der Waals surface area contributed by atoms with Crippen molar-refractivity contribution in [2.45, 2.75) is 186 Å². The van der Waals surface area contributed by atoms with Gasteiger partial charge in [0, 0.05) is 51.2 Å². The first-order valence-corrected chi connectivity index (χ1v) is 25.0. The zero-order valence-corrected chi connectivity index (χ0v) is 43.6. The first-order valence-electron chi connectivity index (χ1n) is 23.9. The fourth-order valence-corrected chi connectivity index (χ4v) is 10.4. The van der Waals surface area contributed by atoms with Gasteiger partial charge in [-0.15, -0.1) is 0 Å². The molecule has 0 radical (unpaired) electrons. The molecule has 3 heterocycles. The molecule has 0 bridgehead atoms. The van der Waals surface area contributed by atoms with E-state index in [1.807, 2.05) is 64.9 Å². The monoisotopic (exact) mass is 987 g/mol. The molecule has 2 fully saturated rings. The van der Waals surface area contributed by atoms with Gasteiger partial charge in [0.2, 0.25) is 0 Å². The van der Waals surface area contributed by atoms with Crippen molar-refractivity contribution in [2.75, 3.05) is 52.8 Å². The third-order valence-corrected chi connectivity index (χ3v) is 14.4. The van der Waals surface area contributed by atoms with Crippen LogP contribution in [0.5, 0.6) is 0 Å². The fraction of sp³-hybridized carbons (Fsp3) is 0.830. The number of anilines is 1. The highest BCUT2D eigenvalue weighted by molar-refractivity contribution is 7.80. The van der Waals surface area contributed by atoms with Crippen molar-refractivity contribution in [3.63, 3.8) is 0 Å². The van der Waals surface area contributed by atoms with Gasteiger partial charge in [0.1, 0.15) is 34.9 Å². The Morgan fingerprint density at radius 1 is 1.12 bits per heavy atom. The number of hydrogen-bond donors (Lipinski definition) is 7. The molecule has 0 amide bonds. The predicted octanol–water partition coefficient (Wildman–Crippen LogP) is 3.90. The number of cyclic esters (lactones) is 1. The standard InChI is InChI=1S/C47H82N6O12S2/c1-14-36-47(10,59)41(56)30(6)53(21-16-20-48-45(66)49-33-17-15-18-34-38(33)51-67-50-34)25-26(2)24-46(9,58)42(65-44-39(55)35(52(11)12)23-27(3)61-44)28(4)40(29(5)43(57)63-36)64-37(19-22-60-13)62-32(8)31(7)54/h15,17-18,26-32,35-37,39-42,44,54-56,58-59H,14,16,19-25H2,1-13H3,(H2,48,49,66)/t26-,27-,28+,29-,30-,31-,32+,35+,36-,37+,39-,40+,41-,42-,44+,46-,47-/m1/s1. The number of fused-ring (bicyclic) bond motifs is 1. The Kier molecular flexibility index (Phi) is 22.0. The topological polar surface area (TPSA) is 230 Å². The van der Waals surface area contributed by atoms with Crippen LogP contribution in [0.4, 0.5) is 5.69 Å². The third-order valence-electron chi connectivity index (χ3n) is 13.6. The average Bonchev–Trinajstić information content (AvgIpc) is 3.76. The highest BCUT2D eigenvalue weighted by Gasteiger charge is 2.51. The van der Waals surface area contributed by atoms with Crippen LogP contribution in [0.3, 0.4) is 0 Å². The number of nitrogens with zero attached hydrogens (tertiary/aromatic N) is 4.